The number of benzene rings is 1. The highest BCUT2D eigenvalue weighted by atomic mass is 19.1. The first-order valence-electron chi connectivity index (χ1n) is 7.12. The van der Waals surface area contributed by atoms with E-state index in [1.807, 2.05) is 0 Å². The normalized spacial score (nSPS) is 17.1. The summed E-state index contributed by atoms with van der Waals surface area (Å²) in [5, 5.41) is 3.19. The van der Waals surface area contributed by atoms with Crippen molar-refractivity contribution in [1.82, 2.24) is 15.1 Å². The molecule has 0 saturated carbocycles. The van der Waals surface area contributed by atoms with Gasteiger partial charge in [-0.05, 0) is 20.0 Å². The van der Waals surface area contributed by atoms with Gasteiger partial charge in [-0.3, -0.25) is 9.69 Å². The van der Waals surface area contributed by atoms with Crippen LogP contribution in [0, 0.1) is 11.6 Å². The third-order valence-corrected chi connectivity index (χ3v) is 3.93. The van der Waals surface area contributed by atoms with Crippen LogP contribution in [0.15, 0.2) is 18.2 Å². The van der Waals surface area contributed by atoms with Crippen molar-refractivity contribution in [3.8, 4) is 0 Å². The molecule has 1 aliphatic rings. The lowest BCUT2D eigenvalue weighted by molar-refractivity contribution is -0.133. The zero-order valence-corrected chi connectivity index (χ0v) is 12.4. The van der Waals surface area contributed by atoms with E-state index in [1.54, 1.807) is 23.8 Å². The van der Waals surface area contributed by atoms with E-state index in [9.17, 15) is 13.6 Å². The van der Waals surface area contributed by atoms with Crippen LogP contribution in [0.3, 0.4) is 0 Å². The molecule has 0 bridgehead atoms. The lowest BCUT2D eigenvalue weighted by Gasteiger charge is -2.31. The van der Waals surface area contributed by atoms with E-state index < -0.39 is 11.6 Å². The molecule has 1 saturated heterocycles. The number of hydrogen-bond acceptors (Lipinski definition) is 3. The minimum absolute atomic E-state index is 0.0355. The summed E-state index contributed by atoms with van der Waals surface area (Å²) >= 11 is 0. The summed E-state index contributed by atoms with van der Waals surface area (Å²) in [6.07, 6.45) is 0. The SMILES string of the molecule is CC(c1ccc(F)cc1F)N(C)CC(=O)N1CCNCC1. The molecule has 1 heterocycles. The molecule has 1 aliphatic heterocycles. The molecule has 1 aromatic carbocycles. The highest BCUT2D eigenvalue weighted by molar-refractivity contribution is 5.78. The van der Waals surface area contributed by atoms with Crippen LogP contribution in [0.1, 0.15) is 18.5 Å². The summed E-state index contributed by atoms with van der Waals surface area (Å²) in [5.41, 5.74) is 0.395. The molecular weight excluding hydrogens is 276 g/mol. The molecule has 0 spiro atoms. The molecule has 1 fully saturated rings. The molecule has 0 radical (unpaired) electrons. The molecule has 1 N–H and O–H groups in total. The second-order valence-electron chi connectivity index (χ2n) is 5.39. The second kappa shape index (κ2) is 6.95. The number of halogens is 2. The summed E-state index contributed by atoms with van der Waals surface area (Å²) in [4.78, 5) is 15.8. The Kier molecular flexibility index (Phi) is 5.25. The Labute approximate surface area is 123 Å². The van der Waals surface area contributed by atoms with E-state index >= 15 is 0 Å². The Bertz CT molecular complexity index is 504. The third-order valence-electron chi connectivity index (χ3n) is 3.93. The Balaban J connectivity index is 1.98. The van der Waals surface area contributed by atoms with Crippen LogP contribution >= 0.6 is 0 Å². The molecule has 2 rings (SSSR count). The average Bonchev–Trinajstić information content (AvgIpc) is 2.47. The molecule has 116 valence electrons. The fourth-order valence-electron chi connectivity index (χ4n) is 2.44. The topological polar surface area (TPSA) is 35.6 Å². The van der Waals surface area contributed by atoms with Gasteiger partial charge in [0.1, 0.15) is 11.6 Å². The summed E-state index contributed by atoms with van der Waals surface area (Å²) in [7, 11) is 1.77. The van der Waals surface area contributed by atoms with Crippen molar-refractivity contribution < 1.29 is 13.6 Å². The molecule has 0 aliphatic carbocycles. The van der Waals surface area contributed by atoms with Crippen molar-refractivity contribution in [3.05, 3.63) is 35.4 Å². The van der Waals surface area contributed by atoms with Crippen molar-refractivity contribution in [2.24, 2.45) is 0 Å². The van der Waals surface area contributed by atoms with Crippen LogP contribution in [0.5, 0.6) is 0 Å². The largest absolute Gasteiger partial charge is 0.339 e. The zero-order valence-electron chi connectivity index (χ0n) is 12.4. The lowest BCUT2D eigenvalue weighted by atomic mass is 10.1. The van der Waals surface area contributed by atoms with Gasteiger partial charge in [0.05, 0.1) is 6.54 Å². The molecule has 1 amide bonds. The van der Waals surface area contributed by atoms with Crippen LogP contribution < -0.4 is 5.32 Å². The van der Waals surface area contributed by atoms with Crippen molar-refractivity contribution in [2.75, 3.05) is 39.8 Å². The molecule has 21 heavy (non-hydrogen) atoms. The monoisotopic (exact) mass is 297 g/mol. The van der Waals surface area contributed by atoms with Crippen LogP contribution in [0.25, 0.3) is 0 Å². The smallest absolute Gasteiger partial charge is 0.236 e. The summed E-state index contributed by atoms with van der Waals surface area (Å²) in [5.74, 6) is -1.14. The number of rotatable bonds is 4. The van der Waals surface area contributed by atoms with E-state index in [-0.39, 0.29) is 18.5 Å². The van der Waals surface area contributed by atoms with Gasteiger partial charge >= 0.3 is 0 Å². The van der Waals surface area contributed by atoms with E-state index in [0.717, 1.165) is 19.2 Å². The van der Waals surface area contributed by atoms with E-state index in [0.29, 0.717) is 18.7 Å². The van der Waals surface area contributed by atoms with Gasteiger partial charge in [0.15, 0.2) is 0 Å². The Morgan fingerprint density at radius 3 is 2.67 bits per heavy atom. The van der Waals surface area contributed by atoms with Crippen molar-refractivity contribution in [2.45, 2.75) is 13.0 Å². The summed E-state index contributed by atoms with van der Waals surface area (Å²) in [6, 6.07) is 3.25. The molecular formula is C15H21F2N3O. The highest BCUT2D eigenvalue weighted by Gasteiger charge is 2.22. The lowest BCUT2D eigenvalue weighted by Crippen LogP contribution is -2.49. The number of nitrogens with zero attached hydrogens (tertiary/aromatic N) is 2. The average molecular weight is 297 g/mol. The van der Waals surface area contributed by atoms with Gasteiger partial charge in [-0.1, -0.05) is 6.07 Å². The van der Waals surface area contributed by atoms with Gasteiger partial charge in [-0.15, -0.1) is 0 Å². The standard InChI is InChI=1S/C15H21F2N3O/c1-11(13-4-3-12(16)9-14(13)17)19(2)10-15(21)20-7-5-18-6-8-20/h3-4,9,11,18H,5-8,10H2,1-2H3. The van der Waals surface area contributed by atoms with Crippen LogP contribution in [0.2, 0.25) is 0 Å². The maximum atomic E-state index is 13.8. The van der Waals surface area contributed by atoms with Gasteiger partial charge in [0.2, 0.25) is 5.91 Å². The van der Waals surface area contributed by atoms with Gasteiger partial charge in [-0.25, -0.2) is 8.78 Å². The van der Waals surface area contributed by atoms with Gasteiger partial charge < -0.3 is 10.2 Å². The fourth-order valence-corrected chi connectivity index (χ4v) is 2.44. The van der Waals surface area contributed by atoms with E-state index in [4.69, 9.17) is 0 Å². The van der Waals surface area contributed by atoms with Crippen molar-refractivity contribution in [1.29, 1.82) is 0 Å². The maximum Gasteiger partial charge on any atom is 0.236 e. The minimum Gasteiger partial charge on any atom is -0.339 e. The first kappa shape index (κ1) is 15.9. The highest BCUT2D eigenvalue weighted by Crippen LogP contribution is 2.22. The van der Waals surface area contributed by atoms with Gasteiger partial charge in [0, 0.05) is 43.9 Å². The Hall–Kier alpha value is -1.53. The fraction of sp³-hybridized carbons (Fsp3) is 0.533. The predicted octanol–water partition coefficient (Wildman–Crippen LogP) is 1.39. The van der Waals surface area contributed by atoms with Crippen LogP contribution in [0.4, 0.5) is 8.78 Å². The first-order chi connectivity index (χ1) is 9.99. The maximum absolute atomic E-state index is 13.8. The molecule has 1 aromatic rings. The summed E-state index contributed by atoms with van der Waals surface area (Å²) in [6.45, 7) is 5.03. The number of likely N-dealkylation sites (N-methyl/N-ethyl adjacent to an activating group) is 1. The third kappa shape index (κ3) is 3.98. The molecule has 0 aromatic heterocycles. The van der Waals surface area contributed by atoms with Gasteiger partial charge in [0.25, 0.3) is 0 Å². The van der Waals surface area contributed by atoms with Crippen LogP contribution in [-0.2, 0) is 4.79 Å². The quantitative estimate of drug-likeness (QED) is 0.912. The summed E-state index contributed by atoms with van der Waals surface area (Å²) < 4.78 is 26.7. The molecule has 4 nitrogen and oxygen atoms in total. The minimum atomic E-state index is -0.594. The zero-order chi connectivity index (χ0) is 15.4. The second-order valence-corrected chi connectivity index (χ2v) is 5.39. The molecule has 1 atom stereocenters. The van der Waals surface area contributed by atoms with Crippen LogP contribution in [-0.4, -0.2) is 55.5 Å². The number of amides is 1. The number of carbonyl (C=O) groups excluding carboxylic acids is 1. The first-order valence-corrected chi connectivity index (χ1v) is 7.12. The number of hydrogen-bond donors (Lipinski definition) is 1. The molecule has 1 unspecified atom stereocenters. The number of nitrogens with one attached hydrogen (secondary N) is 1. The van der Waals surface area contributed by atoms with E-state index in [1.165, 1.54) is 12.1 Å². The van der Waals surface area contributed by atoms with Gasteiger partial charge in [-0.2, -0.15) is 0 Å². The predicted molar refractivity (Wildman–Crippen MR) is 76.9 cm³/mol. The Morgan fingerprint density at radius 2 is 2.05 bits per heavy atom. The van der Waals surface area contributed by atoms with Crippen molar-refractivity contribution in [3.63, 3.8) is 0 Å². The van der Waals surface area contributed by atoms with E-state index in [2.05, 4.69) is 5.32 Å². The van der Waals surface area contributed by atoms with Crippen molar-refractivity contribution >= 4 is 5.91 Å². The number of piperazine rings is 1. The molecule has 6 heteroatoms. The number of carbonyl (C=O) groups is 1. The Morgan fingerprint density at radius 1 is 1.38 bits per heavy atom.